The second-order valence-corrected chi connectivity index (χ2v) is 6.34. The molecule has 1 unspecified atom stereocenters. The molecule has 0 radical (unpaired) electrons. The zero-order valence-electron chi connectivity index (χ0n) is 8.68. The van der Waals surface area contributed by atoms with Gasteiger partial charge in [0.1, 0.15) is 5.82 Å². The molecular weight excluding hydrogens is 277 g/mol. The zero-order chi connectivity index (χ0) is 11.1. The van der Waals surface area contributed by atoms with Crippen molar-refractivity contribution in [2.24, 2.45) is 0 Å². The minimum absolute atomic E-state index is 0.138. The van der Waals surface area contributed by atoms with Gasteiger partial charge in [0.15, 0.2) is 0 Å². The molecule has 15 heavy (non-hydrogen) atoms. The molecule has 0 aliphatic carbocycles. The van der Waals surface area contributed by atoms with Gasteiger partial charge in [0.2, 0.25) is 0 Å². The van der Waals surface area contributed by atoms with Crippen LogP contribution in [-0.4, -0.2) is 11.3 Å². The van der Waals surface area contributed by atoms with Crippen molar-refractivity contribution >= 4 is 27.7 Å². The average Bonchev–Trinajstić information content (AvgIpc) is 2.51. The van der Waals surface area contributed by atoms with E-state index in [0.29, 0.717) is 4.47 Å². The summed E-state index contributed by atoms with van der Waals surface area (Å²) in [5.74, 6) is 0.856. The number of rotatable bonds is 1. The van der Waals surface area contributed by atoms with Gasteiger partial charge in [-0.05, 0) is 47.5 Å². The Morgan fingerprint density at radius 1 is 1.53 bits per heavy atom. The predicted molar refractivity (Wildman–Crippen MR) is 66.5 cm³/mol. The maximum Gasteiger partial charge on any atom is 0.137 e. The first-order valence-corrected chi connectivity index (χ1v) is 6.66. The van der Waals surface area contributed by atoms with Gasteiger partial charge in [-0.3, -0.25) is 5.32 Å². The molecule has 1 aromatic carbocycles. The van der Waals surface area contributed by atoms with E-state index < -0.39 is 0 Å². The Morgan fingerprint density at radius 3 is 2.80 bits per heavy atom. The fourth-order valence-electron chi connectivity index (χ4n) is 1.58. The van der Waals surface area contributed by atoms with Crippen LogP contribution in [0.4, 0.5) is 4.39 Å². The second kappa shape index (κ2) is 4.07. The Kier molecular flexibility index (Phi) is 3.10. The van der Waals surface area contributed by atoms with Crippen LogP contribution in [0.1, 0.15) is 24.8 Å². The lowest BCUT2D eigenvalue weighted by molar-refractivity contribution is 0.451. The molecular formula is C11H13BrFNS. The van der Waals surface area contributed by atoms with E-state index in [0.717, 1.165) is 11.3 Å². The number of benzene rings is 1. The highest BCUT2D eigenvalue weighted by atomic mass is 79.9. The monoisotopic (exact) mass is 289 g/mol. The van der Waals surface area contributed by atoms with E-state index in [9.17, 15) is 4.39 Å². The van der Waals surface area contributed by atoms with Gasteiger partial charge in [-0.25, -0.2) is 4.39 Å². The van der Waals surface area contributed by atoms with E-state index in [1.54, 1.807) is 12.1 Å². The Morgan fingerprint density at radius 2 is 2.27 bits per heavy atom. The fourth-order valence-corrected chi connectivity index (χ4v) is 3.24. The highest BCUT2D eigenvalue weighted by Crippen LogP contribution is 2.37. The molecule has 2 rings (SSSR count). The molecule has 0 aromatic heterocycles. The molecule has 1 aliphatic heterocycles. The summed E-state index contributed by atoms with van der Waals surface area (Å²) in [7, 11) is 0. The first-order chi connectivity index (χ1) is 6.98. The predicted octanol–water partition coefficient (Wildman–Crippen LogP) is 3.70. The van der Waals surface area contributed by atoms with Crippen LogP contribution < -0.4 is 5.32 Å². The summed E-state index contributed by atoms with van der Waals surface area (Å²) < 4.78 is 13.9. The summed E-state index contributed by atoms with van der Waals surface area (Å²) in [6, 6.07) is 5.31. The van der Waals surface area contributed by atoms with E-state index >= 15 is 0 Å². The first kappa shape index (κ1) is 11.4. The van der Waals surface area contributed by atoms with E-state index in [1.165, 1.54) is 0 Å². The molecule has 0 bridgehead atoms. The molecule has 0 spiro atoms. The SMILES string of the molecule is CC1(C)CSC(c2ccc(Br)c(F)c2)N1. The van der Waals surface area contributed by atoms with Gasteiger partial charge in [-0.2, -0.15) is 0 Å². The molecule has 1 aromatic rings. The number of nitrogens with one attached hydrogen (secondary N) is 1. The van der Waals surface area contributed by atoms with Gasteiger partial charge in [-0.15, -0.1) is 11.8 Å². The molecule has 1 atom stereocenters. The molecule has 1 N–H and O–H groups in total. The average molecular weight is 290 g/mol. The highest BCUT2D eigenvalue weighted by molar-refractivity contribution is 9.10. The lowest BCUT2D eigenvalue weighted by atomic mass is 10.1. The lowest BCUT2D eigenvalue weighted by Gasteiger charge is -2.19. The largest absolute Gasteiger partial charge is 0.296 e. The van der Waals surface area contributed by atoms with Crippen LogP contribution in [0.25, 0.3) is 0 Å². The number of hydrogen-bond donors (Lipinski definition) is 1. The van der Waals surface area contributed by atoms with Gasteiger partial charge in [0.25, 0.3) is 0 Å². The summed E-state index contributed by atoms with van der Waals surface area (Å²) in [5, 5.41) is 3.68. The van der Waals surface area contributed by atoms with Gasteiger partial charge < -0.3 is 0 Å². The van der Waals surface area contributed by atoms with Gasteiger partial charge in [-0.1, -0.05) is 6.07 Å². The quantitative estimate of drug-likeness (QED) is 0.846. The number of hydrogen-bond acceptors (Lipinski definition) is 2. The zero-order valence-corrected chi connectivity index (χ0v) is 11.1. The van der Waals surface area contributed by atoms with Gasteiger partial charge in [0.05, 0.1) is 9.85 Å². The number of halogens is 2. The lowest BCUT2D eigenvalue weighted by Crippen LogP contribution is -2.35. The summed E-state index contributed by atoms with van der Waals surface area (Å²) >= 11 is 4.98. The molecule has 0 saturated carbocycles. The highest BCUT2D eigenvalue weighted by Gasteiger charge is 2.31. The third-order valence-electron chi connectivity index (χ3n) is 2.38. The summed E-state index contributed by atoms with van der Waals surface area (Å²) in [5.41, 5.74) is 1.14. The maximum atomic E-state index is 13.3. The van der Waals surface area contributed by atoms with Crippen molar-refractivity contribution in [1.29, 1.82) is 0 Å². The molecule has 1 aliphatic rings. The van der Waals surface area contributed by atoms with Crippen molar-refractivity contribution in [3.8, 4) is 0 Å². The van der Waals surface area contributed by atoms with Crippen LogP contribution in [0.2, 0.25) is 0 Å². The van der Waals surface area contributed by atoms with Crippen molar-refractivity contribution in [2.75, 3.05) is 5.75 Å². The minimum Gasteiger partial charge on any atom is -0.296 e. The van der Waals surface area contributed by atoms with Crippen LogP contribution in [0.5, 0.6) is 0 Å². The summed E-state index contributed by atoms with van der Waals surface area (Å²) in [6.45, 7) is 4.32. The summed E-state index contributed by atoms with van der Waals surface area (Å²) in [4.78, 5) is 0. The summed E-state index contributed by atoms with van der Waals surface area (Å²) in [6.07, 6.45) is 0. The first-order valence-electron chi connectivity index (χ1n) is 4.82. The third kappa shape index (κ3) is 2.55. The molecule has 1 heterocycles. The normalized spacial score (nSPS) is 24.4. The second-order valence-electron chi connectivity index (χ2n) is 4.39. The van der Waals surface area contributed by atoms with Gasteiger partial charge in [0, 0.05) is 11.3 Å². The van der Waals surface area contributed by atoms with Crippen molar-refractivity contribution in [3.05, 3.63) is 34.1 Å². The van der Waals surface area contributed by atoms with Crippen LogP contribution >= 0.6 is 27.7 Å². The van der Waals surface area contributed by atoms with Gasteiger partial charge >= 0.3 is 0 Å². The van der Waals surface area contributed by atoms with Crippen LogP contribution in [-0.2, 0) is 0 Å². The van der Waals surface area contributed by atoms with Crippen molar-refractivity contribution < 1.29 is 4.39 Å². The van der Waals surface area contributed by atoms with Crippen LogP contribution in [0, 0.1) is 5.82 Å². The smallest absolute Gasteiger partial charge is 0.137 e. The molecule has 4 heteroatoms. The number of thioether (sulfide) groups is 1. The Labute approximate surface area is 102 Å². The Bertz CT molecular complexity index is 381. The fraction of sp³-hybridized carbons (Fsp3) is 0.455. The molecule has 1 nitrogen and oxygen atoms in total. The topological polar surface area (TPSA) is 12.0 Å². The Balaban J connectivity index is 2.21. The standard InChI is InChI=1S/C11H13BrFNS/c1-11(2)6-15-10(14-11)7-3-4-8(12)9(13)5-7/h3-5,10,14H,6H2,1-2H3. The molecule has 82 valence electrons. The minimum atomic E-state index is -0.195. The Hall–Kier alpha value is -0.0600. The van der Waals surface area contributed by atoms with E-state index in [-0.39, 0.29) is 16.7 Å². The van der Waals surface area contributed by atoms with Crippen LogP contribution in [0.15, 0.2) is 22.7 Å². The van der Waals surface area contributed by atoms with Crippen molar-refractivity contribution in [3.63, 3.8) is 0 Å². The van der Waals surface area contributed by atoms with E-state index in [4.69, 9.17) is 0 Å². The molecule has 1 fully saturated rings. The van der Waals surface area contributed by atoms with Crippen molar-refractivity contribution in [1.82, 2.24) is 5.32 Å². The third-order valence-corrected chi connectivity index (χ3v) is 4.63. The van der Waals surface area contributed by atoms with E-state index in [2.05, 4.69) is 35.1 Å². The van der Waals surface area contributed by atoms with Crippen molar-refractivity contribution in [2.45, 2.75) is 24.8 Å². The molecule has 1 saturated heterocycles. The maximum absolute atomic E-state index is 13.3. The van der Waals surface area contributed by atoms with E-state index in [1.807, 2.05) is 17.8 Å². The molecule has 0 amide bonds. The van der Waals surface area contributed by atoms with Crippen LogP contribution in [0.3, 0.4) is 0 Å².